The molecule has 9 heteroatoms. The summed E-state index contributed by atoms with van der Waals surface area (Å²) >= 11 is 2.67. The van der Waals surface area contributed by atoms with E-state index in [2.05, 4.69) is 28.5 Å². The van der Waals surface area contributed by atoms with E-state index in [4.69, 9.17) is 9.15 Å². The zero-order chi connectivity index (χ0) is 21.6. The molecular weight excluding hydrogens is 432 g/mol. The molecule has 0 radical (unpaired) electrons. The van der Waals surface area contributed by atoms with E-state index in [-0.39, 0.29) is 18.3 Å². The van der Waals surface area contributed by atoms with Gasteiger partial charge < -0.3 is 14.5 Å². The number of amides is 1. The van der Waals surface area contributed by atoms with Crippen LogP contribution in [-0.2, 0) is 30.7 Å². The van der Waals surface area contributed by atoms with Crippen LogP contribution in [0.25, 0.3) is 0 Å². The first-order valence-electron chi connectivity index (χ1n) is 10.2. The molecule has 2 heterocycles. The highest BCUT2D eigenvalue weighted by Gasteiger charge is 2.22. The number of carbonyl (C=O) groups is 1. The van der Waals surface area contributed by atoms with Crippen molar-refractivity contribution in [1.82, 2.24) is 10.2 Å². The van der Waals surface area contributed by atoms with Crippen LogP contribution in [-0.4, -0.2) is 21.9 Å². The molecule has 3 aromatic rings. The highest BCUT2D eigenvalue weighted by Crippen LogP contribution is 2.37. The molecule has 31 heavy (non-hydrogen) atoms. The van der Waals surface area contributed by atoms with Crippen molar-refractivity contribution < 1.29 is 13.9 Å². The first-order valence-corrected chi connectivity index (χ1v) is 12.0. The summed E-state index contributed by atoms with van der Waals surface area (Å²) in [5.74, 6) is 0.997. The molecule has 0 atom stereocenters. The van der Waals surface area contributed by atoms with Crippen molar-refractivity contribution in [2.45, 2.75) is 50.9 Å². The number of thiophene rings is 1. The standard InChI is InChI=1S/C22H22N4O3S2/c1-2-14-7-9-15(10-8-14)28-12-20-25-26-22(29-20)30-13-19(27)24-21-17(11-23)16-5-3-4-6-18(16)31-21/h7-10H,2-6,12-13H2,1H3,(H,24,27). The Hall–Kier alpha value is -2.83. The summed E-state index contributed by atoms with van der Waals surface area (Å²) in [6.45, 7) is 2.27. The number of hydrogen-bond donors (Lipinski definition) is 1. The fourth-order valence-electron chi connectivity index (χ4n) is 3.38. The molecule has 0 saturated carbocycles. The summed E-state index contributed by atoms with van der Waals surface area (Å²) in [4.78, 5) is 13.6. The van der Waals surface area contributed by atoms with Gasteiger partial charge in [0.2, 0.25) is 5.91 Å². The number of fused-ring (bicyclic) bond motifs is 1. The third kappa shape index (κ3) is 5.27. The van der Waals surface area contributed by atoms with Crippen LogP contribution in [0.15, 0.2) is 33.9 Å². The van der Waals surface area contributed by atoms with Crippen LogP contribution in [0, 0.1) is 11.3 Å². The molecule has 1 aliphatic rings. The van der Waals surface area contributed by atoms with Gasteiger partial charge in [0.25, 0.3) is 11.1 Å². The van der Waals surface area contributed by atoms with Crippen molar-refractivity contribution >= 4 is 34.0 Å². The number of thioether (sulfide) groups is 1. The summed E-state index contributed by atoms with van der Waals surface area (Å²) in [7, 11) is 0. The SMILES string of the molecule is CCc1ccc(OCc2nnc(SCC(=O)Nc3sc4c(c3C#N)CCCC4)o2)cc1. The van der Waals surface area contributed by atoms with Gasteiger partial charge in [0.15, 0.2) is 6.61 Å². The highest BCUT2D eigenvalue weighted by molar-refractivity contribution is 7.99. The number of ether oxygens (including phenoxy) is 1. The van der Waals surface area contributed by atoms with E-state index < -0.39 is 0 Å². The molecule has 0 unspecified atom stereocenters. The first-order chi connectivity index (χ1) is 15.2. The second kappa shape index (κ2) is 9.98. The summed E-state index contributed by atoms with van der Waals surface area (Å²) in [6.07, 6.45) is 5.10. The van der Waals surface area contributed by atoms with Crippen molar-refractivity contribution in [3.05, 3.63) is 51.7 Å². The van der Waals surface area contributed by atoms with Crippen LogP contribution in [0.4, 0.5) is 5.00 Å². The van der Waals surface area contributed by atoms with Gasteiger partial charge in [-0.05, 0) is 55.4 Å². The third-order valence-electron chi connectivity index (χ3n) is 5.01. The number of hydrogen-bond acceptors (Lipinski definition) is 8. The molecule has 1 aromatic carbocycles. The normalized spacial score (nSPS) is 12.8. The third-order valence-corrected chi connectivity index (χ3v) is 7.03. The highest BCUT2D eigenvalue weighted by atomic mass is 32.2. The van der Waals surface area contributed by atoms with Crippen LogP contribution in [0.1, 0.15) is 47.2 Å². The van der Waals surface area contributed by atoms with Gasteiger partial charge in [-0.2, -0.15) is 5.26 Å². The molecule has 0 bridgehead atoms. The van der Waals surface area contributed by atoms with E-state index in [0.29, 0.717) is 21.7 Å². The van der Waals surface area contributed by atoms with Crippen molar-refractivity contribution in [2.75, 3.05) is 11.1 Å². The van der Waals surface area contributed by atoms with Crippen molar-refractivity contribution in [2.24, 2.45) is 0 Å². The number of nitrogens with one attached hydrogen (secondary N) is 1. The maximum atomic E-state index is 12.4. The number of benzene rings is 1. The van der Waals surface area contributed by atoms with E-state index in [1.54, 1.807) is 0 Å². The molecule has 1 amide bonds. The lowest BCUT2D eigenvalue weighted by atomic mass is 9.96. The lowest BCUT2D eigenvalue weighted by molar-refractivity contribution is -0.113. The van der Waals surface area contributed by atoms with Crippen LogP contribution < -0.4 is 10.1 Å². The van der Waals surface area contributed by atoms with Crippen molar-refractivity contribution in [3.8, 4) is 11.8 Å². The maximum Gasteiger partial charge on any atom is 0.277 e. The van der Waals surface area contributed by atoms with Crippen LogP contribution in [0.3, 0.4) is 0 Å². The monoisotopic (exact) mass is 454 g/mol. The predicted octanol–water partition coefficient (Wildman–Crippen LogP) is 4.75. The molecule has 1 N–H and O–H groups in total. The Morgan fingerprint density at radius 3 is 2.87 bits per heavy atom. The Labute approximate surface area is 188 Å². The largest absolute Gasteiger partial charge is 0.484 e. The Bertz CT molecular complexity index is 1100. The summed E-state index contributed by atoms with van der Waals surface area (Å²) in [5, 5.41) is 21.2. The Balaban J connectivity index is 1.28. The van der Waals surface area contributed by atoms with Crippen molar-refractivity contribution in [3.63, 3.8) is 0 Å². The van der Waals surface area contributed by atoms with Crippen LogP contribution >= 0.6 is 23.1 Å². The van der Waals surface area contributed by atoms with Gasteiger partial charge in [-0.3, -0.25) is 4.79 Å². The van der Waals surface area contributed by atoms with Gasteiger partial charge in [-0.1, -0.05) is 30.8 Å². The molecule has 0 spiro atoms. The molecule has 1 aliphatic carbocycles. The number of aryl methyl sites for hydroxylation is 2. The Morgan fingerprint density at radius 1 is 1.29 bits per heavy atom. The maximum absolute atomic E-state index is 12.4. The quantitative estimate of drug-likeness (QED) is 0.490. The minimum Gasteiger partial charge on any atom is -0.484 e. The fourth-order valence-corrected chi connectivity index (χ4v) is 5.22. The van der Waals surface area contributed by atoms with E-state index in [0.717, 1.165) is 55.2 Å². The van der Waals surface area contributed by atoms with Gasteiger partial charge in [-0.15, -0.1) is 21.5 Å². The van der Waals surface area contributed by atoms with Gasteiger partial charge in [0, 0.05) is 4.88 Å². The van der Waals surface area contributed by atoms with Gasteiger partial charge in [-0.25, -0.2) is 0 Å². The molecule has 0 saturated heterocycles. The number of rotatable bonds is 8. The summed E-state index contributed by atoms with van der Waals surface area (Å²) in [6, 6.07) is 10.1. The summed E-state index contributed by atoms with van der Waals surface area (Å²) in [5.41, 5.74) is 2.96. The lowest BCUT2D eigenvalue weighted by Crippen LogP contribution is -2.14. The number of anilines is 1. The second-order valence-corrected chi connectivity index (χ2v) is 9.14. The van der Waals surface area contributed by atoms with E-state index in [1.165, 1.54) is 21.8 Å². The molecule has 2 aromatic heterocycles. The lowest BCUT2D eigenvalue weighted by Gasteiger charge is -2.09. The smallest absolute Gasteiger partial charge is 0.277 e. The van der Waals surface area contributed by atoms with Gasteiger partial charge in [0.1, 0.15) is 16.8 Å². The number of nitriles is 1. The number of carbonyl (C=O) groups excluding carboxylic acids is 1. The molecule has 4 rings (SSSR count). The molecule has 0 fully saturated rings. The average Bonchev–Trinajstić information content (AvgIpc) is 3.40. The summed E-state index contributed by atoms with van der Waals surface area (Å²) < 4.78 is 11.2. The first kappa shape index (κ1) is 21.4. The average molecular weight is 455 g/mol. The van der Waals surface area contributed by atoms with Crippen LogP contribution in [0.2, 0.25) is 0 Å². The topological polar surface area (TPSA) is 101 Å². The number of nitrogens with zero attached hydrogens (tertiary/aromatic N) is 3. The molecule has 0 aliphatic heterocycles. The van der Waals surface area contributed by atoms with Crippen molar-refractivity contribution in [1.29, 1.82) is 5.26 Å². The minimum absolute atomic E-state index is 0.119. The minimum atomic E-state index is -0.202. The molecular formula is C22H22N4O3S2. The second-order valence-electron chi connectivity index (χ2n) is 7.11. The number of aromatic nitrogens is 2. The Kier molecular flexibility index (Phi) is 6.89. The zero-order valence-corrected chi connectivity index (χ0v) is 18.8. The fraction of sp³-hybridized carbons (Fsp3) is 0.364. The van der Waals surface area contributed by atoms with Crippen LogP contribution in [0.5, 0.6) is 5.75 Å². The van der Waals surface area contributed by atoms with E-state index >= 15 is 0 Å². The van der Waals surface area contributed by atoms with E-state index in [1.807, 2.05) is 24.3 Å². The Morgan fingerprint density at radius 2 is 2.10 bits per heavy atom. The zero-order valence-electron chi connectivity index (χ0n) is 17.1. The molecule has 7 nitrogen and oxygen atoms in total. The van der Waals surface area contributed by atoms with Gasteiger partial charge in [0.05, 0.1) is 11.3 Å². The predicted molar refractivity (Wildman–Crippen MR) is 119 cm³/mol. The molecule has 160 valence electrons. The van der Waals surface area contributed by atoms with Gasteiger partial charge >= 0.3 is 0 Å². The van der Waals surface area contributed by atoms with E-state index in [9.17, 15) is 10.1 Å².